The molecule has 1 heterocycles. The zero-order valence-corrected chi connectivity index (χ0v) is 16.6. The summed E-state index contributed by atoms with van der Waals surface area (Å²) < 4.78 is 24.8. The molecular formula is C22H29FN2O3. The molecule has 1 atom stereocenters. The summed E-state index contributed by atoms with van der Waals surface area (Å²) in [5, 5.41) is 9.51. The van der Waals surface area contributed by atoms with E-state index in [0.717, 1.165) is 43.2 Å². The van der Waals surface area contributed by atoms with Crippen LogP contribution in [0.25, 0.3) is 0 Å². The van der Waals surface area contributed by atoms with E-state index in [2.05, 4.69) is 9.80 Å². The van der Waals surface area contributed by atoms with Crippen LogP contribution in [0.3, 0.4) is 0 Å². The molecule has 0 unspecified atom stereocenters. The average molecular weight is 388 g/mol. The molecule has 1 fully saturated rings. The molecule has 0 radical (unpaired) electrons. The maximum absolute atomic E-state index is 14.0. The van der Waals surface area contributed by atoms with E-state index in [1.54, 1.807) is 20.3 Å². The van der Waals surface area contributed by atoms with Crippen LogP contribution < -0.4 is 9.47 Å². The van der Waals surface area contributed by atoms with E-state index < -0.39 is 0 Å². The monoisotopic (exact) mass is 388 g/mol. The Labute approximate surface area is 166 Å². The van der Waals surface area contributed by atoms with Gasteiger partial charge >= 0.3 is 0 Å². The van der Waals surface area contributed by atoms with Crippen LogP contribution in [0, 0.1) is 5.82 Å². The zero-order chi connectivity index (χ0) is 19.9. The number of aliphatic hydroxyl groups excluding tert-OH is 1. The standard InChI is InChI=1S/C22H29FN2O3/c1-27-21-8-7-17(13-22(21)28-2)14-24-10-11-25(19(16-24)9-12-26)15-18-5-3-4-6-20(18)23/h3-8,13,19,26H,9-12,14-16H2,1-2H3/t19-/m1/s1. The number of piperazine rings is 1. The number of hydrogen-bond acceptors (Lipinski definition) is 5. The third-order valence-corrected chi connectivity index (χ3v) is 5.34. The summed E-state index contributed by atoms with van der Waals surface area (Å²) >= 11 is 0. The highest BCUT2D eigenvalue weighted by Crippen LogP contribution is 2.28. The van der Waals surface area contributed by atoms with Gasteiger partial charge in [0.25, 0.3) is 0 Å². The molecule has 5 nitrogen and oxygen atoms in total. The lowest BCUT2D eigenvalue weighted by Crippen LogP contribution is -2.52. The minimum Gasteiger partial charge on any atom is -0.493 e. The smallest absolute Gasteiger partial charge is 0.161 e. The Kier molecular flexibility index (Phi) is 7.25. The quantitative estimate of drug-likeness (QED) is 0.753. The Balaban J connectivity index is 1.66. The predicted octanol–water partition coefficient (Wildman–Crippen LogP) is 2.91. The van der Waals surface area contributed by atoms with Crippen LogP contribution in [0.1, 0.15) is 17.5 Å². The highest BCUT2D eigenvalue weighted by atomic mass is 19.1. The molecular weight excluding hydrogens is 359 g/mol. The van der Waals surface area contributed by atoms with Crippen LogP contribution >= 0.6 is 0 Å². The Morgan fingerprint density at radius 1 is 1.04 bits per heavy atom. The number of hydrogen-bond donors (Lipinski definition) is 1. The van der Waals surface area contributed by atoms with Crippen LogP contribution in [-0.2, 0) is 13.1 Å². The van der Waals surface area contributed by atoms with Gasteiger partial charge in [0.1, 0.15) is 5.82 Å². The van der Waals surface area contributed by atoms with Crippen molar-refractivity contribution in [3.8, 4) is 11.5 Å². The predicted molar refractivity (Wildman–Crippen MR) is 107 cm³/mol. The Bertz CT molecular complexity index is 771. The second-order valence-corrected chi connectivity index (χ2v) is 7.15. The Morgan fingerprint density at radius 2 is 1.82 bits per heavy atom. The van der Waals surface area contributed by atoms with Crippen molar-refractivity contribution >= 4 is 0 Å². The maximum atomic E-state index is 14.0. The van der Waals surface area contributed by atoms with Crippen molar-refractivity contribution in [1.29, 1.82) is 0 Å². The van der Waals surface area contributed by atoms with Gasteiger partial charge in [-0.05, 0) is 30.2 Å². The summed E-state index contributed by atoms with van der Waals surface area (Å²) in [5.41, 5.74) is 1.86. The lowest BCUT2D eigenvalue weighted by Gasteiger charge is -2.41. The van der Waals surface area contributed by atoms with Gasteiger partial charge in [0.15, 0.2) is 11.5 Å². The molecule has 6 heteroatoms. The molecule has 2 aromatic carbocycles. The van der Waals surface area contributed by atoms with E-state index >= 15 is 0 Å². The van der Waals surface area contributed by atoms with E-state index in [1.807, 2.05) is 30.3 Å². The number of aliphatic hydroxyl groups is 1. The van der Waals surface area contributed by atoms with Crippen molar-refractivity contribution in [3.05, 3.63) is 59.4 Å². The first-order chi connectivity index (χ1) is 13.6. The highest BCUT2D eigenvalue weighted by Gasteiger charge is 2.27. The first-order valence-corrected chi connectivity index (χ1v) is 9.66. The normalized spacial score (nSPS) is 18.2. The van der Waals surface area contributed by atoms with Gasteiger partial charge < -0.3 is 14.6 Å². The van der Waals surface area contributed by atoms with Crippen LogP contribution in [0.15, 0.2) is 42.5 Å². The van der Waals surface area contributed by atoms with E-state index in [4.69, 9.17) is 9.47 Å². The minimum absolute atomic E-state index is 0.128. The van der Waals surface area contributed by atoms with Gasteiger partial charge in [0, 0.05) is 50.9 Å². The van der Waals surface area contributed by atoms with Crippen LogP contribution in [0.5, 0.6) is 11.5 Å². The van der Waals surface area contributed by atoms with Crippen LogP contribution in [0.2, 0.25) is 0 Å². The molecule has 0 spiro atoms. The summed E-state index contributed by atoms with van der Waals surface area (Å²) in [4.78, 5) is 4.65. The van der Waals surface area contributed by atoms with Crippen molar-refractivity contribution < 1.29 is 19.0 Å². The summed E-state index contributed by atoms with van der Waals surface area (Å²) in [5.74, 6) is 1.28. The number of halogens is 1. The van der Waals surface area contributed by atoms with Gasteiger partial charge in [0.05, 0.1) is 14.2 Å². The van der Waals surface area contributed by atoms with Crippen LogP contribution in [-0.4, -0.2) is 61.4 Å². The molecule has 1 aliphatic rings. The second kappa shape index (κ2) is 9.87. The van der Waals surface area contributed by atoms with E-state index in [-0.39, 0.29) is 18.5 Å². The molecule has 0 bridgehead atoms. The van der Waals surface area contributed by atoms with E-state index in [1.165, 1.54) is 6.07 Å². The maximum Gasteiger partial charge on any atom is 0.161 e. The van der Waals surface area contributed by atoms with Gasteiger partial charge in [-0.2, -0.15) is 0 Å². The number of rotatable bonds is 8. The van der Waals surface area contributed by atoms with Crippen molar-refractivity contribution in [3.63, 3.8) is 0 Å². The van der Waals surface area contributed by atoms with Crippen molar-refractivity contribution in [2.75, 3.05) is 40.5 Å². The molecule has 1 saturated heterocycles. The molecule has 1 N–H and O–H groups in total. The molecule has 152 valence electrons. The van der Waals surface area contributed by atoms with Gasteiger partial charge in [-0.25, -0.2) is 4.39 Å². The summed E-state index contributed by atoms with van der Waals surface area (Å²) in [6, 6.07) is 13.1. The fourth-order valence-electron chi connectivity index (χ4n) is 3.81. The van der Waals surface area contributed by atoms with Crippen molar-refractivity contribution in [2.24, 2.45) is 0 Å². The summed E-state index contributed by atoms with van der Waals surface area (Å²) in [6.07, 6.45) is 0.677. The molecule has 0 amide bonds. The van der Waals surface area contributed by atoms with Gasteiger partial charge in [0.2, 0.25) is 0 Å². The number of benzene rings is 2. The molecule has 0 aromatic heterocycles. The topological polar surface area (TPSA) is 45.2 Å². The summed E-state index contributed by atoms with van der Waals surface area (Å²) in [6.45, 7) is 4.07. The van der Waals surface area contributed by atoms with Crippen molar-refractivity contribution in [1.82, 2.24) is 9.80 Å². The van der Waals surface area contributed by atoms with Gasteiger partial charge in [-0.1, -0.05) is 24.3 Å². The zero-order valence-electron chi connectivity index (χ0n) is 16.6. The number of nitrogens with zero attached hydrogens (tertiary/aromatic N) is 2. The molecule has 28 heavy (non-hydrogen) atoms. The first-order valence-electron chi connectivity index (χ1n) is 9.66. The molecule has 1 aliphatic heterocycles. The lowest BCUT2D eigenvalue weighted by molar-refractivity contribution is 0.0492. The number of methoxy groups -OCH3 is 2. The first kappa shape index (κ1) is 20.6. The van der Waals surface area contributed by atoms with Gasteiger partial charge in [-0.15, -0.1) is 0 Å². The number of ether oxygens (including phenoxy) is 2. The van der Waals surface area contributed by atoms with Crippen molar-refractivity contribution in [2.45, 2.75) is 25.6 Å². The lowest BCUT2D eigenvalue weighted by atomic mass is 10.1. The Hall–Kier alpha value is -2.15. The highest BCUT2D eigenvalue weighted by molar-refractivity contribution is 5.42. The fourth-order valence-corrected chi connectivity index (χ4v) is 3.81. The Morgan fingerprint density at radius 3 is 2.54 bits per heavy atom. The van der Waals surface area contributed by atoms with E-state index in [0.29, 0.717) is 18.5 Å². The SMILES string of the molecule is COc1ccc(CN2CCN(Cc3ccccc3F)[C@H](CCO)C2)cc1OC. The van der Waals surface area contributed by atoms with Crippen LogP contribution in [0.4, 0.5) is 4.39 Å². The van der Waals surface area contributed by atoms with E-state index in [9.17, 15) is 9.50 Å². The third kappa shape index (κ3) is 5.01. The molecule has 3 rings (SSSR count). The second-order valence-electron chi connectivity index (χ2n) is 7.15. The van der Waals surface area contributed by atoms with Gasteiger partial charge in [-0.3, -0.25) is 9.80 Å². The minimum atomic E-state index is -0.169. The average Bonchev–Trinajstić information content (AvgIpc) is 2.71. The molecule has 0 saturated carbocycles. The molecule has 0 aliphatic carbocycles. The fraction of sp³-hybridized carbons (Fsp3) is 0.455. The molecule has 2 aromatic rings. The third-order valence-electron chi connectivity index (χ3n) is 5.34. The largest absolute Gasteiger partial charge is 0.493 e. The summed E-state index contributed by atoms with van der Waals surface area (Å²) in [7, 11) is 3.27.